The molecule has 1 heterocycles. The van der Waals surface area contributed by atoms with Gasteiger partial charge < -0.3 is 19.7 Å². The number of nitrogens with zero attached hydrogens (tertiary/aromatic N) is 1. The molecule has 0 aliphatic carbocycles. The summed E-state index contributed by atoms with van der Waals surface area (Å²) in [6.45, 7) is -0.216. The molecule has 0 saturated carbocycles. The fourth-order valence-electron chi connectivity index (χ4n) is 2.97. The van der Waals surface area contributed by atoms with Crippen molar-refractivity contribution in [1.82, 2.24) is 5.32 Å². The van der Waals surface area contributed by atoms with Crippen LogP contribution in [0.3, 0.4) is 0 Å². The van der Waals surface area contributed by atoms with Crippen LogP contribution in [0.2, 0.25) is 5.02 Å². The Morgan fingerprint density at radius 3 is 2.43 bits per heavy atom. The third-order valence-electron chi connectivity index (χ3n) is 4.32. The Balaban J connectivity index is 0.00000320. The Bertz CT molecular complexity index is 974. The van der Waals surface area contributed by atoms with Crippen LogP contribution in [0.5, 0.6) is 11.5 Å². The number of ether oxygens (including phenoxy) is 2. The first-order valence-electron chi connectivity index (χ1n) is 8.71. The van der Waals surface area contributed by atoms with Crippen molar-refractivity contribution in [2.24, 2.45) is 0 Å². The van der Waals surface area contributed by atoms with E-state index in [-0.39, 0.29) is 33.8 Å². The highest BCUT2D eigenvalue weighted by Gasteiger charge is 2.22. The van der Waals surface area contributed by atoms with Crippen molar-refractivity contribution in [2.45, 2.75) is 11.5 Å². The normalized spacial score (nSPS) is 14.2. The summed E-state index contributed by atoms with van der Waals surface area (Å²) in [5.41, 5.74) is 0.448. The minimum Gasteiger partial charge on any atom is -0.495 e. The smallest absolute Gasteiger partial charge is 0.387 e. The molecule has 1 fully saturated rings. The van der Waals surface area contributed by atoms with Gasteiger partial charge in [-0.2, -0.15) is 8.78 Å². The van der Waals surface area contributed by atoms with Crippen LogP contribution >= 0.6 is 24.0 Å². The SMILES string of the molecule is COc1ccc(S(=O)(=O)Nc2cc(Cl)ccc2OC(F)F)cc1N1CCNCC1.Cl. The highest BCUT2D eigenvalue weighted by molar-refractivity contribution is 7.92. The lowest BCUT2D eigenvalue weighted by atomic mass is 10.2. The van der Waals surface area contributed by atoms with Crippen LogP contribution in [0, 0.1) is 0 Å². The molecule has 30 heavy (non-hydrogen) atoms. The number of sulfonamides is 1. The topological polar surface area (TPSA) is 79.9 Å². The first-order valence-corrected chi connectivity index (χ1v) is 10.6. The van der Waals surface area contributed by atoms with Gasteiger partial charge >= 0.3 is 6.61 Å². The van der Waals surface area contributed by atoms with E-state index in [1.807, 2.05) is 4.90 Å². The number of rotatable bonds is 7. The number of hydrogen-bond donors (Lipinski definition) is 2. The summed E-state index contributed by atoms with van der Waals surface area (Å²) in [4.78, 5) is 1.97. The molecule has 7 nitrogen and oxygen atoms in total. The number of hydrogen-bond acceptors (Lipinski definition) is 6. The van der Waals surface area contributed by atoms with E-state index in [0.717, 1.165) is 13.1 Å². The van der Waals surface area contributed by atoms with E-state index in [2.05, 4.69) is 14.8 Å². The highest BCUT2D eigenvalue weighted by atomic mass is 35.5. The van der Waals surface area contributed by atoms with Gasteiger partial charge in [-0.1, -0.05) is 11.6 Å². The molecule has 1 aliphatic rings. The molecule has 0 aromatic heterocycles. The van der Waals surface area contributed by atoms with Crippen LogP contribution in [-0.2, 0) is 10.0 Å². The number of halogens is 4. The minimum atomic E-state index is -4.11. The maximum Gasteiger partial charge on any atom is 0.387 e. The summed E-state index contributed by atoms with van der Waals surface area (Å²) in [5.74, 6) is 0.208. The van der Waals surface area contributed by atoms with Crippen LogP contribution in [0.15, 0.2) is 41.3 Å². The van der Waals surface area contributed by atoms with Gasteiger partial charge in [-0.3, -0.25) is 4.72 Å². The molecule has 12 heteroatoms. The Labute approximate surface area is 184 Å². The molecule has 2 aromatic rings. The van der Waals surface area contributed by atoms with E-state index in [1.54, 1.807) is 6.07 Å². The minimum absolute atomic E-state index is 0. The molecule has 0 unspecified atom stereocenters. The van der Waals surface area contributed by atoms with E-state index in [4.69, 9.17) is 16.3 Å². The second-order valence-corrected chi connectivity index (χ2v) is 8.31. The van der Waals surface area contributed by atoms with Crippen LogP contribution < -0.4 is 24.4 Å². The molecule has 0 amide bonds. The summed E-state index contributed by atoms with van der Waals surface area (Å²) in [7, 11) is -2.60. The number of nitrogens with one attached hydrogen (secondary N) is 2. The first-order chi connectivity index (χ1) is 13.8. The highest BCUT2D eigenvalue weighted by Crippen LogP contribution is 2.34. The summed E-state index contributed by atoms with van der Waals surface area (Å²) >= 11 is 5.89. The van der Waals surface area contributed by atoms with Crippen molar-refractivity contribution in [3.8, 4) is 11.5 Å². The van der Waals surface area contributed by atoms with Crippen LogP contribution in [0.25, 0.3) is 0 Å². The third kappa shape index (κ3) is 5.78. The molecule has 166 valence electrons. The van der Waals surface area contributed by atoms with Crippen molar-refractivity contribution < 1.29 is 26.7 Å². The zero-order valence-electron chi connectivity index (χ0n) is 15.9. The summed E-state index contributed by atoms with van der Waals surface area (Å²) < 4.78 is 63.1. The van der Waals surface area contributed by atoms with Gasteiger partial charge in [0.05, 0.1) is 23.4 Å². The van der Waals surface area contributed by atoms with Crippen molar-refractivity contribution in [1.29, 1.82) is 0 Å². The predicted octanol–water partition coefficient (Wildman–Crippen LogP) is 3.58. The van der Waals surface area contributed by atoms with Gasteiger partial charge in [0.1, 0.15) is 11.5 Å². The second kappa shape index (κ2) is 10.3. The zero-order chi connectivity index (χ0) is 21.0. The molecule has 1 saturated heterocycles. The Hall–Kier alpha value is -2.01. The average molecular weight is 484 g/mol. The number of alkyl halides is 2. The fraction of sp³-hybridized carbons (Fsp3) is 0.333. The van der Waals surface area contributed by atoms with Gasteiger partial charge in [0, 0.05) is 31.2 Å². The number of benzene rings is 2. The largest absolute Gasteiger partial charge is 0.495 e. The van der Waals surface area contributed by atoms with Gasteiger partial charge in [-0.05, 0) is 36.4 Å². The molecular formula is C18H21Cl2F2N3O4S. The van der Waals surface area contributed by atoms with Gasteiger partial charge in [0.15, 0.2) is 0 Å². The number of anilines is 2. The van der Waals surface area contributed by atoms with Crippen molar-refractivity contribution >= 4 is 45.4 Å². The Morgan fingerprint density at radius 1 is 1.13 bits per heavy atom. The fourth-order valence-corrected chi connectivity index (χ4v) is 4.23. The zero-order valence-corrected chi connectivity index (χ0v) is 18.3. The summed E-state index contributed by atoms with van der Waals surface area (Å²) in [5, 5.41) is 3.39. The van der Waals surface area contributed by atoms with E-state index in [1.165, 1.54) is 37.4 Å². The van der Waals surface area contributed by atoms with Gasteiger partial charge in [0.2, 0.25) is 0 Å². The molecule has 2 aromatic carbocycles. The number of methoxy groups -OCH3 is 1. The van der Waals surface area contributed by atoms with Crippen LogP contribution in [0.1, 0.15) is 0 Å². The van der Waals surface area contributed by atoms with Crippen molar-refractivity contribution in [2.75, 3.05) is 42.9 Å². The number of piperazine rings is 1. The molecule has 3 rings (SSSR count). The lowest BCUT2D eigenvalue weighted by molar-refractivity contribution is -0.0493. The molecule has 1 aliphatic heterocycles. The Kier molecular flexibility index (Phi) is 8.36. The molecule has 2 N–H and O–H groups in total. The van der Waals surface area contributed by atoms with Crippen molar-refractivity contribution in [3.05, 3.63) is 41.4 Å². The van der Waals surface area contributed by atoms with E-state index < -0.39 is 16.6 Å². The molecular weight excluding hydrogens is 463 g/mol. The lowest BCUT2D eigenvalue weighted by Crippen LogP contribution is -2.43. The third-order valence-corrected chi connectivity index (χ3v) is 5.92. The standard InChI is InChI=1S/C18H20ClF2N3O4S.ClH/c1-27-17-5-3-13(11-15(17)24-8-6-22-7-9-24)29(25,26)23-14-10-12(19)2-4-16(14)28-18(20)21;/h2-5,10-11,18,22-23H,6-9H2,1H3;1H. The molecule has 0 atom stereocenters. The monoisotopic (exact) mass is 483 g/mol. The van der Waals surface area contributed by atoms with Crippen LogP contribution in [0.4, 0.5) is 20.2 Å². The summed E-state index contributed by atoms with van der Waals surface area (Å²) in [6, 6.07) is 8.13. The quantitative estimate of drug-likeness (QED) is 0.626. The van der Waals surface area contributed by atoms with E-state index in [9.17, 15) is 17.2 Å². The maximum absolute atomic E-state index is 12.9. The predicted molar refractivity (Wildman–Crippen MR) is 114 cm³/mol. The Morgan fingerprint density at radius 2 is 1.80 bits per heavy atom. The lowest BCUT2D eigenvalue weighted by Gasteiger charge is -2.30. The van der Waals surface area contributed by atoms with Gasteiger partial charge in [-0.15, -0.1) is 12.4 Å². The molecule has 0 bridgehead atoms. The average Bonchev–Trinajstić information content (AvgIpc) is 2.69. The van der Waals surface area contributed by atoms with Crippen LogP contribution in [-0.4, -0.2) is 48.3 Å². The summed E-state index contributed by atoms with van der Waals surface area (Å²) in [6.07, 6.45) is 0. The molecule has 0 spiro atoms. The molecule has 0 radical (unpaired) electrons. The second-order valence-electron chi connectivity index (χ2n) is 6.20. The van der Waals surface area contributed by atoms with Gasteiger partial charge in [-0.25, -0.2) is 8.42 Å². The van der Waals surface area contributed by atoms with E-state index in [0.29, 0.717) is 24.5 Å². The van der Waals surface area contributed by atoms with Crippen molar-refractivity contribution in [3.63, 3.8) is 0 Å². The first kappa shape index (κ1) is 24.3. The van der Waals surface area contributed by atoms with E-state index >= 15 is 0 Å². The van der Waals surface area contributed by atoms with Gasteiger partial charge in [0.25, 0.3) is 10.0 Å². The maximum atomic E-state index is 12.9.